The Balaban J connectivity index is 1.95. The van der Waals surface area contributed by atoms with E-state index in [9.17, 15) is 0 Å². The molecule has 1 aliphatic carbocycles. The molecule has 0 atom stereocenters. The molecular weight excluding hydrogens is 262 g/mol. The third-order valence-corrected chi connectivity index (χ3v) is 3.81. The van der Waals surface area contributed by atoms with Crippen LogP contribution in [0.15, 0.2) is 24.3 Å². The number of anilines is 1. The van der Waals surface area contributed by atoms with Crippen molar-refractivity contribution < 1.29 is 0 Å². The van der Waals surface area contributed by atoms with E-state index in [1.165, 1.54) is 43.4 Å². The predicted octanol–water partition coefficient (Wildman–Crippen LogP) is 4.54. The normalized spacial score (nSPS) is 17.3. The molecule has 0 amide bonds. The molecule has 1 fully saturated rings. The van der Waals surface area contributed by atoms with Crippen LogP contribution in [0.4, 0.5) is 5.69 Å². The Morgan fingerprint density at radius 1 is 1.06 bits per heavy atom. The summed E-state index contributed by atoms with van der Waals surface area (Å²) < 4.78 is 0. The van der Waals surface area contributed by atoms with Crippen molar-refractivity contribution in [3.63, 3.8) is 0 Å². The van der Waals surface area contributed by atoms with Crippen LogP contribution in [0.1, 0.15) is 43.6 Å². The van der Waals surface area contributed by atoms with Gasteiger partial charge in [-0.2, -0.15) is 0 Å². The van der Waals surface area contributed by atoms with Gasteiger partial charge in [0.1, 0.15) is 0 Å². The van der Waals surface area contributed by atoms with E-state index in [0.717, 1.165) is 17.8 Å². The maximum absolute atomic E-state index is 3.42. The molecule has 1 aliphatic rings. The second-order valence-electron chi connectivity index (χ2n) is 4.57. The molecule has 0 radical (unpaired) electrons. The topological polar surface area (TPSA) is 12.0 Å². The second kappa shape index (κ2) is 6.29. The van der Waals surface area contributed by atoms with Gasteiger partial charge in [0.15, 0.2) is 0 Å². The van der Waals surface area contributed by atoms with Gasteiger partial charge in [0.05, 0.1) is 0 Å². The van der Waals surface area contributed by atoms with Crippen molar-refractivity contribution in [2.24, 2.45) is 0 Å². The summed E-state index contributed by atoms with van der Waals surface area (Å²) in [6.45, 7) is 0.989. The number of benzene rings is 1. The number of rotatable bonds is 4. The number of halogens is 1. The van der Waals surface area contributed by atoms with E-state index in [2.05, 4.69) is 45.5 Å². The van der Waals surface area contributed by atoms with Crippen molar-refractivity contribution in [2.75, 3.05) is 17.2 Å². The van der Waals surface area contributed by atoms with Crippen molar-refractivity contribution >= 4 is 21.6 Å². The van der Waals surface area contributed by atoms with E-state index < -0.39 is 0 Å². The van der Waals surface area contributed by atoms with Gasteiger partial charge in [-0.05, 0) is 36.5 Å². The summed E-state index contributed by atoms with van der Waals surface area (Å²) >= 11 is 3.42. The lowest BCUT2D eigenvalue weighted by molar-refractivity contribution is 0.443. The average Bonchev–Trinajstić information content (AvgIpc) is 2.38. The van der Waals surface area contributed by atoms with Gasteiger partial charge < -0.3 is 5.32 Å². The number of hydrogen-bond acceptors (Lipinski definition) is 1. The largest absolute Gasteiger partial charge is 0.384 e. The molecule has 0 heterocycles. The van der Waals surface area contributed by atoms with Gasteiger partial charge in [-0.25, -0.2) is 0 Å². The molecule has 1 N–H and O–H groups in total. The molecule has 2 rings (SSSR count). The van der Waals surface area contributed by atoms with Crippen LogP contribution >= 0.6 is 15.9 Å². The van der Waals surface area contributed by atoms with E-state index in [1.807, 2.05) is 0 Å². The van der Waals surface area contributed by atoms with Gasteiger partial charge in [-0.15, -0.1) is 0 Å². The summed E-state index contributed by atoms with van der Waals surface area (Å²) in [5.41, 5.74) is 2.77. The van der Waals surface area contributed by atoms with E-state index in [-0.39, 0.29) is 0 Å². The standard InChI is InChI=1S/C14H20BrN/c15-10-11-16-14-8-6-13(7-9-14)12-4-2-1-3-5-12/h6-9,12,16H,1-5,10-11H2. The Hall–Kier alpha value is -0.500. The van der Waals surface area contributed by atoms with Crippen LogP contribution in [-0.2, 0) is 0 Å². The minimum atomic E-state index is 0.818. The third-order valence-electron chi connectivity index (χ3n) is 3.41. The zero-order valence-electron chi connectivity index (χ0n) is 9.71. The lowest BCUT2D eigenvalue weighted by atomic mass is 9.84. The van der Waals surface area contributed by atoms with Crippen LogP contribution in [0.5, 0.6) is 0 Å². The average molecular weight is 282 g/mol. The van der Waals surface area contributed by atoms with E-state index >= 15 is 0 Å². The smallest absolute Gasteiger partial charge is 0.0340 e. The second-order valence-corrected chi connectivity index (χ2v) is 5.37. The summed E-state index contributed by atoms with van der Waals surface area (Å²) in [6, 6.07) is 9.03. The molecule has 0 spiro atoms. The van der Waals surface area contributed by atoms with Crippen LogP contribution in [0.2, 0.25) is 0 Å². The summed E-state index contributed by atoms with van der Waals surface area (Å²) in [7, 11) is 0. The van der Waals surface area contributed by atoms with Gasteiger partial charge in [0, 0.05) is 17.6 Å². The Morgan fingerprint density at radius 3 is 2.38 bits per heavy atom. The molecule has 0 unspecified atom stereocenters. The summed E-state index contributed by atoms with van der Waals surface area (Å²) in [5, 5.41) is 4.37. The first kappa shape index (κ1) is 12.0. The van der Waals surface area contributed by atoms with E-state index in [4.69, 9.17) is 0 Å². The van der Waals surface area contributed by atoms with Crippen molar-refractivity contribution in [2.45, 2.75) is 38.0 Å². The fourth-order valence-corrected chi connectivity index (χ4v) is 2.70. The summed E-state index contributed by atoms with van der Waals surface area (Å²) in [6.07, 6.45) is 7.02. The van der Waals surface area contributed by atoms with Crippen LogP contribution in [0, 0.1) is 0 Å². The van der Waals surface area contributed by atoms with Crippen molar-refractivity contribution in [3.05, 3.63) is 29.8 Å². The maximum atomic E-state index is 3.42. The zero-order chi connectivity index (χ0) is 11.2. The summed E-state index contributed by atoms with van der Waals surface area (Å²) in [5.74, 6) is 0.818. The molecule has 0 saturated heterocycles. The third kappa shape index (κ3) is 3.24. The highest BCUT2D eigenvalue weighted by molar-refractivity contribution is 9.09. The van der Waals surface area contributed by atoms with Crippen molar-refractivity contribution in [1.29, 1.82) is 0 Å². The lowest BCUT2D eigenvalue weighted by Gasteiger charge is -2.22. The van der Waals surface area contributed by atoms with Crippen LogP contribution in [0.3, 0.4) is 0 Å². The van der Waals surface area contributed by atoms with Crippen LogP contribution in [0.25, 0.3) is 0 Å². The Labute approximate surface area is 107 Å². The molecule has 1 nitrogen and oxygen atoms in total. The van der Waals surface area contributed by atoms with Gasteiger partial charge in [-0.3, -0.25) is 0 Å². The highest BCUT2D eigenvalue weighted by Gasteiger charge is 2.14. The molecule has 0 aliphatic heterocycles. The van der Waals surface area contributed by atoms with Gasteiger partial charge >= 0.3 is 0 Å². The highest BCUT2D eigenvalue weighted by atomic mass is 79.9. The minimum Gasteiger partial charge on any atom is -0.384 e. The first-order chi connectivity index (χ1) is 7.90. The number of alkyl halides is 1. The summed E-state index contributed by atoms with van der Waals surface area (Å²) in [4.78, 5) is 0. The molecular formula is C14H20BrN. The predicted molar refractivity (Wildman–Crippen MR) is 74.6 cm³/mol. The van der Waals surface area contributed by atoms with Gasteiger partial charge in [-0.1, -0.05) is 47.3 Å². The zero-order valence-corrected chi connectivity index (χ0v) is 11.3. The monoisotopic (exact) mass is 281 g/mol. The first-order valence-corrected chi connectivity index (χ1v) is 7.42. The molecule has 0 bridgehead atoms. The van der Waals surface area contributed by atoms with Crippen LogP contribution in [-0.4, -0.2) is 11.9 Å². The first-order valence-electron chi connectivity index (χ1n) is 6.30. The van der Waals surface area contributed by atoms with Gasteiger partial charge in [0.25, 0.3) is 0 Å². The van der Waals surface area contributed by atoms with Crippen molar-refractivity contribution in [3.8, 4) is 0 Å². The van der Waals surface area contributed by atoms with E-state index in [1.54, 1.807) is 0 Å². The fourth-order valence-electron chi connectivity index (χ4n) is 2.50. The molecule has 1 saturated carbocycles. The fraction of sp³-hybridized carbons (Fsp3) is 0.571. The molecule has 0 aromatic heterocycles. The number of hydrogen-bond donors (Lipinski definition) is 1. The Morgan fingerprint density at radius 2 is 1.75 bits per heavy atom. The SMILES string of the molecule is BrCCNc1ccc(C2CCCCC2)cc1. The molecule has 2 heteroatoms. The number of nitrogens with one attached hydrogen (secondary N) is 1. The molecule has 1 aromatic rings. The van der Waals surface area contributed by atoms with Crippen molar-refractivity contribution in [1.82, 2.24) is 0 Å². The van der Waals surface area contributed by atoms with E-state index in [0.29, 0.717) is 0 Å². The Bertz CT molecular complexity index is 301. The molecule has 88 valence electrons. The van der Waals surface area contributed by atoms with Crippen LogP contribution < -0.4 is 5.32 Å². The maximum Gasteiger partial charge on any atom is 0.0340 e. The Kier molecular flexibility index (Phi) is 4.70. The quantitative estimate of drug-likeness (QED) is 0.799. The highest BCUT2D eigenvalue weighted by Crippen LogP contribution is 2.32. The molecule has 16 heavy (non-hydrogen) atoms. The van der Waals surface area contributed by atoms with Gasteiger partial charge in [0.2, 0.25) is 0 Å². The lowest BCUT2D eigenvalue weighted by Crippen LogP contribution is -2.05. The molecule has 1 aromatic carbocycles. The minimum absolute atomic E-state index is 0.818.